The van der Waals surface area contributed by atoms with E-state index in [0.717, 1.165) is 31.5 Å². The number of ether oxygens (including phenoxy) is 1. The minimum absolute atomic E-state index is 0.0497. The van der Waals surface area contributed by atoms with Gasteiger partial charge in [0.2, 0.25) is 0 Å². The molecule has 0 radical (unpaired) electrons. The molecule has 0 spiro atoms. The second kappa shape index (κ2) is 8.62. The number of hydrogen-bond donors (Lipinski definition) is 0. The highest BCUT2D eigenvalue weighted by Crippen LogP contribution is 2.16. The van der Waals surface area contributed by atoms with E-state index in [1.807, 2.05) is 26.0 Å². The predicted molar refractivity (Wildman–Crippen MR) is 84.2 cm³/mol. The minimum Gasteiger partial charge on any atom is -0.463 e. The zero-order valence-electron chi connectivity index (χ0n) is 13.2. The summed E-state index contributed by atoms with van der Waals surface area (Å²) in [5, 5.41) is 0. The minimum atomic E-state index is -0.160. The molecule has 0 aliphatic heterocycles. The van der Waals surface area contributed by atoms with Crippen LogP contribution < -0.4 is 4.90 Å². The Balaban J connectivity index is 2.64. The number of esters is 1. The van der Waals surface area contributed by atoms with Crippen molar-refractivity contribution in [3.63, 3.8) is 0 Å². The molecule has 0 unspecified atom stereocenters. The molecule has 0 N–H and O–H groups in total. The molecule has 0 aliphatic rings. The standard InChI is InChI=1S/C17H27NO2/c1-5-11-18(12-6-2)16-9-7-15(8-10-16)13-17(19)20-14(3)4/h7-10,14H,5-6,11-13H2,1-4H3. The number of hydrogen-bond acceptors (Lipinski definition) is 3. The Labute approximate surface area is 122 Å². The lowest BCUT2D eigenvalue weighted by molar-refractivity contribution is -0.146. The van der Waals surface area contributed by atoms with E-state index in [9.17, 15) is 4.79 Å². The van der Waals surface area contributed by atoms with Crippen molar-refractivity contribution < 1.29 is 9.53 Å². The molecule has 0 amide bonds. The van der Waals surface area contributed by atoms with Gasteiger partial charge in [0, 0.05) is 18.8 Å². The number of anilines is 1. The van der Waals surface area contributed by atoms with Gasteiger partial charge in [-0.1, -0.05) is 26.0 Å². The number of rotatable bonds is 8. The van der Waals surface area contributed by atoms with Crippen LogP contribution in [0.25, 0.3) is 0 Å². The lowest BCUT2D eigenvalue weighted by Crippen LogP contribution is -2.24. The van der Waals surface area contributed by atoms with Gasteiger partial charge in [0.1, 0.15) is 0 Å². The Morgan fingerprint density at radius 2 is 1.65 bits per heavy atom. The average Bonchev–Trinajstić information content (AvgIpc) is 2.38. The van der Waals surface area contributed by atoms with Crippen LogP contribution in [0.3, 0.4) is 0 Å². The third-order valence-corrected chi connectivity index (χ3v) is 3.00. The summed E-state index contributed by atoms with van der Waals surface area (Å²) in [6, 6.07) is 8.25. The van der Waals surface area contributed by atoms with Gasteiger partial charge in [0.15, 0.2) is 0 Å². The molecule has 1 rings (SSSR count). The van der Waals surface area contributed by atoms with E-state index >= 15 is 0 Å². The van der Waals surface area contributed by atoms with Crippen LogP contribution in [0.5, 0.6) is 0 Å². The van der Waals surface area contributed by atoms with Gasteiger partial charge in [-0.05, 0) is 44.4 Å². The van der Waals surface area contributed by atoms with Crippen molar-refractivity contribution >= 4 is 11.7 Å². The maximum Gasteiger partial charge on any atom is 0.310 e. The van der Waals surface area contributed by atoms with Crippen LogP contribution in [-0.2, 0) is 16.0 Å². The Morgan fingerprint density at radius 1 is 1.10 bits per heavy atom. The Hall–Kier alpha value is -1.51. The second-order valence-electron chi connectivity index (χ2n) is 5.37. The number of nitrogens with zero attached hydrogens (tertiary/aromatic N) is 1. The van der Waals surface area contributed by atoms with Crippen LogP contribution in [0, 0.1) is 0 Å². The topological polar surface area (TPSA) is 29.5 Å². The molecule has 3 nitrogen and oxygen atoms in total. The van der Waals surface area contributed by atoms with Crippen molar-refractivity contribution in [3.8, 4) is 0 Å². The molecule has 112 valence electrons. The van der Waals surface area contributed by atoms with Gasteiger partial charge in [0.05, 0.1) is 12.5 Å². The first-order valence-corrected chi connectivity index (χ1v) is 7.60. The normalized spacial score (nSPS) is 10.7. The molecular weight excluding hydrogens is 250 g/mol. The number of carbonyl (C=O) groups is 1. The molecule has 0 saturated heterocycles. The fourth-order valence-electron chi connectivity index (χ4n) is 2.21. The maximum absolute atomic E-state index is 11.6. The third kappa shape index (κ3) is 5.64. The number of benzene rings is 1. The van der Waals surface area contributed by atoms with E-state index in [1.54, 1.807) is 0 Å². The van der Waals surface area contributed by atoms with Crippen molar-refractivity contribution in [3.05, 3.63) is 29.8 Å². The highest BCUT2D eigenvalue weighted by molar-refractivity contribution is 5.73. The van der Waals surface area contributed by atoms with Crippen LogP contribution in [0.4, 0.5) is 5.69 Å². The SMILES string of the molecule is CCCN(CCC)c1ccc(CC(=O)OC(C)C)cc1. The molecule has 3 heteroatoms. The zero-order valence-corrected chi connectivity index (χ0v) is 13.2. The Bertz CT molecular complexity index is 392. The molecule has 0 saturated carbocycles. The number of carbonyl (C=O) groups excluding carboxylic acids is 1. The van der Waals surface area contributed by atoms with Gasteiger partial charge >= 0.3 is 5.97 Å². The van der Waals surface area contributed by atoms with Gasteiger partial charge < -0.3 is 9.64 Å². The quantitative estimate of drug-likeness (QED) is 0.677. The highest BCUT2D eigenvalue weighted by atomic mass is 16.5. The van der Waals surface area contributed by atoms with Gasteiger partial charge in [-0.3, -0.25) is 4.79 Å². The first kappa shape index (κ1) is 16.5. The van der Waals surface area contributed by atoms with E-state index in [-0.39, 0.29) is 12.1 Å². The van der Waals surface area contributed by atoms with Crippen LogP contribution in [0.1, 0.15) is 46.1 Å². The van der Waals surface area contributed by atoms with Crippen LogP contribution in [0.15, 0.2) is 24.3 Å². The summed E-state index contributed by atoms with van der Waals surface area (Å²) in [6.45, 7) is 10.3. The van der Waals surface area contributed by atoms with Crippen molar-refractivity contribution in [1.82, 2.24) is 0 Å². The first-order chi connectivity index (χ1) is 9.56. The Morgan fingerprint density at radius 3 is 2.10 bits per heavy atom. The van der Waals surface area contributed by atoms with Gasteiger partial charge in [-0.15, -0.1) is 0 Å². The lowest BCUT2D eigenvalue weighted by Gasteiger charge is -2.23. The van der Waals surface area contributed by atoms with E-state index in [1.165, 1.54) is 5.69 Å². The van der Waals surface area contributed by atoms with Crippen molar-refractivity contribution in [2.75, 3.05) is 18.0 Å². The summed E-state index contributed by atoms with van der Waals surface area (Å²) >= 11 is 0. The summed E-state index contributed by atoms with van der Waals surface area (Å²) in [5.41, 5.74) is 2.24. The van der Waals surface area contributed by atoms with E-state index < -0.39 is 0 Å². The summed E-state index contributed by atoms with van der Waals surface area (Å²) < 4.78 is 5.16. The summed E-state index contributed by atoms with van der Waals surface area (Å²) in [4.78, 5) is 14.0. The van der Waals surface area contributed by atoms with E-state index in [4.69, 9.17) is 4.74 Å². The van der Waals surface area contributed by atoms with Crippen LogP contribution >= 0.6 is 0 Å². The summed E-state index contributed by atoms with van der Waals surface area (Å²) in [7, 11) is 0. The van der Waals surface area contributed by atoms with Gasteiger partial charge in [0.25, 0.3) is 0 Å². The predicted octanol–water partition coefficient (Wildman–Crippen LogP) is 3.81. The van der Waals surface area contributed by atoms with Crippen LogP contribution in [-0.4, -0.2) is 25.2 Å². The van der Waals surface area contributed by atoms with E-state index in [2.05, 4.69) is 30.9 Å². The third-order valence-electron chi connectivity index (χ3n) is 3.00. The van der Waals surface area contributed by atoms with Gasteiger partial charge in [-0.25, -0.2) is 0 Å². The smallest absolute Gasteiger partial charge is 0.310 e. The first-order valence-electron chi connectivity index (χ1n) is 7.60. The van der Waals surface area contributed by atoms with E-state index in [0.29, 0.717) is 6.42 Å². The van der Waals surface area contributed by atoms with Crippen molar-refractivity contribution in [2.45, 2.75) is 53.1 Å². The molecule has 0 aliphatic carbocycles. The summed E-state index contributed by atoms with van der Waals surface area (Å²) in [6.07, 6.45) is 2.58. The van der Waals surface area contributed by atoms with Crippen molar-refractivity contribution in [2.24, 2.45) is 0 Å². The molecule has 0 atom stereocenters. The molecule has 1 aromatic carbocycles. The molecule has 0 aromatic heterocycles. The molecule has 0 fully saturated rings. The Kier molecular flexibility index (Phi) is 7.13. The molecule has 0 bridgehead atoms. The monoisotopic (exact) mass is 277 g/mol. The molecular formula is C17H27NO2. The highest BCUT2D eigenvalue weighted by Gasteiger charge is 2.08. The summed E-state index contributed by atoms with van der Waals surface area (Å²) in [5.74, 6) is -0.160. The van der Waals surface area contributed by atoms with Crippen LogP contribution in [0.2, 0.25) is 0 Å². The van der Waals surface area contributed by atoms with Crippen molar-refractivity contribution in [1.29, 1.82) is 0 Å². The second-order valence-corrected chi connectivity index (χ2v) is 5.37. The molecule has 0 heterocycles. The molecule has 20 heavy (non-hydrogen) atoms. The zero-order chi connectivity index (χ0) is 15.0. The average molecular weight is 277 g/mol. The largest absolute Gasteiger partial charge is 0.463 e. The maximum atomic E-state index is 11.6. The lowest BCUT2D eigenvalue weighted by atomic mass is 10.1. The fraction of sp³-hybridized carbons (Fsp3) is 0.588. The fourth-order valence-corrected chi connectivity index (χ4v) is 2.21. The van der Waals surface area contributed by atoms with Gasteiger partial charge in [-0.2, -0.15) is 0 Å². The molecule has 1 aromatic rings.